The van der Waals surface area contributed by atoms with Crippen molar-refractivity contribution in [1.29, 1.82) is 0 Å². The maximum absolute atomic E-state index is 6.37. The van der Waals surface area contributed by atoms with Crippen LogP contribution in [0.15, 0.2) is 72.8 Å². The van der Waals surface area contributed by atoms with Gasteiger partial charge in [0.2, 0.25) is 0 Å². The maximum Gasteiger partial charge on any atom is 0.0467 e. The van der Waals surface area contributed by atoms with Crippen LogP contribution in [-0.2, 0) is 0 Å². The first-order valence-corrected chi connectivity index (χ1v) is 7.43. The molecule has 0 aliphatic rings. The van der Waals surface area contributed by atoms with Crippen molar-refractivity contribution in [2.24, 2.45) is 0 Å². The second kappa shape index (κ2) is 6.31. The van der Waals surface area contributed by atoms with E-state index in [1.807, 2.05) is 24.3 Å². The molecule has 0 amide bonds. The molecule has 3 aromatic rings. The number of anilines is 1. The molecule has 0 saturated heterocycles. The Morgan fingerprint density at radius 3 is 2.18 bits per heavy atom. The molecule has 0 atom stereocenters. The third kappa shape index (κ3) is 3.09. The van der Waals surface area contributed by atoms with Crippen LogP contribution in [0.5, 0.6) is 0 Å². The number of rotatable bonds is 3. The third-order valence-corrected chi connectivity index (χ3v) is 3.76. The smallest absolute Gasteiger partial charge is 0.0467 e. The van der Waals surface area contributed by atoms with Crippen LogP contribution in [0.3, 0.4) is 0 Å². The Bertz CT molecular complexity index is 784. The zero-order valence-corrected chi connectivity index (χ0v) is 12.7. The minimum atomic E-state index is 0.818. The average Bonchev–Trinajstić information content (AvgIpc) is 2.56. The number of nitrogens with two attached hydrogens (primary N) is 1. The van der Waals surface area contributed by atoms with E-state index in [0.29, 0.717) is 0 Å². The number of nitrogen functional groups attached to an aromatic ring is 1. The predicted octanol–water partition coefficient (Wildman–Crippen LogP) is 5.41. The van der Waals surface area contributed by atoms with Gasteiger partial charge in [-0.05, 0) is 23.6 Å². The molecule has 3 aromatic carbocycles. The summed E-state index contributed by atoms with van der Waals surface area (Å²) in [5.74, 6) is 0. The fourth-order valence-corrected chi connectivity index (χ4v) is 2.46. The van der Waals surface area contributed by atoms with Crippen LogP contribution in [0.1, 0.15) is 16.7 Å². The van der Waals surface area contributed by atoms with Gasteiger partial charge in [0.15, 0.2) is 0 Å². The van der Waals surface area contributed by atoms with Crippen LogP contribution in [0.2, 0.25) is 0 Å². The fourth-order valence-electron chi connectivity index (χ4n) is 2.46. The molecule has 0 radical (unpaired) electrons. The van der Waals surface area contributed by atoms with Crippen LogP contribution in [0, 0.1) is 6.92 Å². The summed E-state index contributed by atoms with van der Waals surface area (Å²) in [7, 11) is 0. The van der Waals surface area contributed by atoms with Gasteiger partial charge in [0.1, 0.15) is 0 Å². The Hall–Kier alpha value is -2.80. The lowest BCUT2D eigenvalue weighted by Gasteiger charge is -2.09. The van der Waals surface area contributed by atoms with E-state index < -0.39 is 0 Å². The van der Waals surface area contributed by atoms with Crippen LogP contribution in [-0.4, -0.2) is 0 Å². The molecular formula is C21H19N. The van der Waals surface area contributed by atoms with Gasteiger partial charge in [0.25, 0.3) is 0 Å². The van der Waals surface area contributed by atoms with Crippen molar-refractivity contribution in [2.75, 3.05) is 5.73 Å². The van der Waals surface area contributed by atoms with Crippen LogP contribution >= 0.6 is 0 Å². The minimum absolute atomic E-state index is 0.818. The van der Waals surface area contributed by atoms with Gasteiger partial charge in [-0.15, -0.1) is 0 Å². The van der Waals surface area contributed by atoms with E-state index in [0.717, 1.165) is 22.4 Å². The molecule has 108 valence electrons. The Balaban J connectivity index is 1.95. The molecule has 0 aliphatic heterocycles. The molecule has 22 heavy (non-hydrogen) atoms. The average molecular weight is 285 g/mol. The van der Waals surface area contributed by atoms with E-state index in [9.17, 15) is 0 Å². The van der Waals surface area contributed by atoms with E-state index in [1.165, 1.54) is 11.1 Å². The SMILES string of the molecule is Cc1ccc(-c2cccc(C=Cc3ccccc3)c2N)cc1. The van der Waals surface area contributed by atoms with Gasteiger partial charge in [-0.2, -0.15) is 0 Å². The second-order valence-electron chi connectivity index (χ2n) is 5.42. The first-order valence-electron chi connectivity index (χ1n) is 7.43. The molecule has 0 aliphatic carbocycles. The summed E-state index contributed by atoms with van der Waals surface area (Å²) < 4.78 is 0. The largest absolute Gasteiger partial charge is 0.398 e. The lowest BCUT2D eigenvalue weighted by atomic mass is 9.99. The topological polar surface area (TPSA) is 26.0 Å². The first-order chi connectivity index (χ1) is 10.7. The molecule has 2 N–H and O–H groups in total. The Morgan fingerprint density at radius 2 is 1.45 bits per heavy atom. The molecule has 1 nitrogen and oxygen atoms in total. The first kappa shape index (κ1) is 14.2. The summed E-state index contributed by atoms with van der Waals surface area (Å²) >= 11 is 0. The molecule has 0 spiro atoms. The molecule has 0 heterocycles. The summed E-state index contributed by atoms with van der Waals surface area (Å²) in [6, 6.07) is 24.9. The molecule has 0 saturated carbocycles. The summed E-state index contributed by atoms with van der Waals surface area (Å²) in [4.78, 5) is 0. The Labute approximate surface area is 131 Å². The summed E-state index contributed by atoms with van der Waals surface area (Å²) in [6.45, 7) is 2.09. The van der Waals surface area contributed by atoms with Gasteiger partial charge >= 0.3 is 0 Å². The van der Waals surface area contributed by atoms with Crippen molar-refractivity contribution in [3.8, 4) is 11.1 Å². The number of para-hydroxylation sites is 1. The van der Waals surface area contributed by atoms with E-state index in [-0.39, 0.29) is 0 Å². The monoisotopic (exact) mass is 285 g/mol. The number of hydrogen-bond acceptors (Lipinski definition) is 1. The standard InChI is InChI=1S/C21H19N/c1-16-10-13-18(14-11-16)20-9-5-8-19(21(20)22)15-12-17-6-3-2-4-7-17/h2-15H,22H2,1H3. The zero-order valence-electron chi connectivity index (χ0n) is 12.7. The Morgan fingerprint density at radius 1 is 0.727 bits per heavy atom. The maximum atomic E-state index is 6.37. The predicted molar refractivity (Wildman–Crippen MR) is 96.4 cm³/mol. The van der Waals surface area contributed by atoms with Crippen molar-refractivity contribution in [1.82, 2.24) is 0 Å². The molecule has 0 aromatic heterocycles. The van der Waals surface area contributed by atoms with E-state index in [4.69, 9.17) is 5.73 Å². The number of hydrogen-bond donors (Lipinski definition) is 1. The molecule has 0 bridgehead atoms. The Kier molecular flexibility index (Phi) is 4.06. The van der Waals surface area contributed by atoms with Gasteiger partial charge in [-0.1, -0.05) is 90.5 Å². The summed E-state index contributed by atoms with van der Waals surface area (Å²) in [6.07, 6.45) is 4.16. The highest BCUT2D eigenvalue weighted by molar-refractivity contribution is 5.86. The highest BCUT2D eigenvalue weighted by Gasteiger charge is 2.05. The van der Waals surface area contributed by atoms with Crippen LogP contribution in [0.25, 0.3) is 23.3 Å². The van der Waals surface area contributed by atoms with Crippen molar-refractivity contribution in [2.45, 2.75) is 6.92 Å². The normalized spacial score (nSPS) is 11.0. The van der Waals surface area contributed by atoms with E-state index >= 15 is 0 Å². The molecule has 0 unspecified atom stereocenters. The van der Waals surface area contributed by atoms with Gasteiger partial charge in [0, 0.05) is 11.3 Å². The highest BCUT2D eigenvalue weighted by atomic mass is 14.6. The molecule has 0 fully saturated rings. The molecule has 3 rings (SSSR count). The van der Waals surface area contributed by atoms with Crippen molar-refractivity contribution in [3.63, 3.8) is 0 Å². The zero-order chi connectivity index (χ0) is 15.4. The highest BCUT2D eigenvalue weighted by Crippen LogP contribution is 2.29. The number of aryl methyl sites for hydroxylation is 1. The number of benzene rings is 3. The van der Waals surface area contributed by atoms with E-state index in [1.54, 1.807) is 0 Å². The second-order valence-corrected chi connectivity index (χ2v) is 5.42. The third-order valence-electron chi connectivity index (χ3n) is 3.76. The van der Waals surface area contributed by atoms with Crippen molar-refractivity contribution in [3.05, 3.63) is 89.5 Å². The summed E-state index contributed by atoms with van der Waals surface area (Å²) in [5, 5.41) is 0. The van der Waals surface area contributed by atoms with E-state index in [2.05, 4.69) is 67.6 Å². The minimum Gasteiger partial charge on any atom is -0.398 e. The lowest BCUT2D eigenvalue weighted by Crippen LogP contribution is -1.93. The summed E-state index contributed by atoms with van der Waals surface area (Å²) in [5.41, 5.74) is 12.9. The quantitative estimate of drug-likeness (QED) is 0.505. The van der Waals surface area contributed by atoms with Gasteiger partial charge in [-0.3, -0.25) is 0 Å². The van der Waals surface area contributed by atoms with Crippen LogP contribution in [0.4, 0.5) is 5.69 Å². The van der Waals surface area contributed by atoms with Crippen molar-refractivity contribution < 1.29 is 0 Å². The molecular weight excluding hydrogens is 266 g/mol. The lowest BCUT2D eigenvalue weighted by molar-refractivity contribution is 1.47. The van der Waals surface area contributed by atoms with Gasteiger partial charge < -0.3 is 5.73 Å². The van der Waals surface area contributed by atoms with Gasteiger partial charge in [0.05, 0.1) is 0 Å². The fraction of sp³-hybridized carbons (Fsp3) is 0.0476. The van der Waals surface area contributed by atoms with Crippen LogP contribution < -0.4 is 5.73 Å². The van der Waals surface area contributed by atoms with Gasteiger partial charge in [-0.25, -0.2) is 0 Å². The van der Waals surface area contributed by atoms with Crippen molar-refractivity contribution >= 4 is 17.8 Å². The molecule has 1 heteroatoms.